The first-order chi connectivity index (χ1) is 8.19. The number of rotatable bonds is 3. The molecule has 0 saturated carbocycles. The second-order valence-electron chi connectivity index (χ2n) is 2.96. The normalized spacial score (nSPS) is 10.8. The van der Waals surface area contributed by atoms with Crippen LogP contribution in [0, 0.1) is 17.0 Å². The quantitative estimate of drug-likeness (QED) is 0.497. The maximum absolute atomic E-state index is 11.0. The molecule has 0 aliphatic rings. The third kappa shape index (κ3) is 4.14. The SMILES string of the molecule is Cc1ccc(OC(=O)NS(=O)(=O)Cl)c([N+](=O)[O-])n1. The number of nitro groups is 1. The van der Waals surface area contributed by atoms with Gasteiger partial charge < -0.3 is 14.9 Å². The van der Waals surface area contributed by atoms with E-state index in [4.69, 9.17) is 10.7 Å². The van der Waals surface area contributed by atoms with Crippen LogP contribution >= 0.6 is 10.7 Å². The number of nitrogens with zero attached hydrogens (tertiary/aromatic N) is 2. The van der Waals surface area contributed by atoms with Crippen molar-refractivity contribution in [3.8, 4) is 5.75 Å². The smallest absolute Gasteiger partial charge is 0.400 e. The van der Waals surface area contributed by atoms with E-state index in [1.165, 1.54) is 17.7 Å². The Morgan fingerprint density at radius 1 is 1.56 bits per heavy atom. The predicted molar refractivity (Wildman–Crippen MR) is 59.6 cm³/mol. The topological polar surface area (TPSA) is 128 Å². The van der Waals surface area contributed by atoms with Gasteiger partial charge in [0.1, 0.15) is 5.69 Å². The molecule has 1 N–H and O–H groups in total. The van der Waals surface area contributed by atoms with Crippen LogP contribution in [-0.4, -0.2) is 24.4 Å². The summed E-state index contributed by atoms with van der Waals surface area (Å²) in [5, 5.41) is 10.6. The highest BCUT2D eigenvalue weighted by Crippen LogP contribution is 2.24. The van der Waals surface area contributed by atoms with Gasteiger partial charge in [-0.2, -0.15) is 8.42 Å². The molecule has 1 aromatic rings. The van der Waals surface area contributed by atoms with Crippen LogP contribution in [0.1, 0.15) is 5.69 Å². The van der Waals surface area contributed by atoms with Crippen molar-refractivity contribution in [2.45, 2.75) is 6.92 Å². The number of pyridine rings is 1. The van der Waals surface area contributed by atoms with Crippen molar-refractivity contribution in [3.63, 3.8) is 0 Å². The summed E-state index contributed by atoms with van der Waals surface area (Å²) in [6, 6.07) is 2.46. The zero-order valence-corrected chi connectivity index (χ0v) is 10.4. The molecule has 0 unspecified atom stereocenters. The number of carbonyl (C=O) groups excluding carboxylic acids is 1. The number of halogens is 1. The maximum Gasteiger partial charge on any atom is 0.427 e. The molecule has 1 rings (SSSR count). The molecule has 0 saturated heterocycles. The van der Waals surface area contributed by atoms with Crippen LogP contribution in [0.25, 0.3) is 0 Å². The first-order valence-electron chi connectivity index (χ1n) is 4.25. The second-order valence-corrected chi connectivity index (χ2v) is 5.26. The van der Waals surface area contributed by atoms with E-state index in [1.54, 1.807) is 0 Å². The van der Waals surface area contributed by atoms with Crippen molar-refractivity contribution in [3.05, 3.63) is 27.9 Å². The first-order valence-corrected chi connectivity index (χ1v) is 6.56. The van der Waals surface area contributed by atoms with Crippen LogP contribution in [0.5, 0.6) is 5.75 Å². The van der Waals surface area contributed by atoms with Crippen LogP contribution in [-0.2, 0) is 9.24 Å². The number of aryl methyl sites for hydroxylation is 1. The van der Waals surface area contributed by atoms with Crippen molar-refractivity contribution in [2.75, 3.05) is 0 Å². The number of carbonyl (C=O) groups is 1. The molecule has 0 aliphatic carbocycles. The van der Waals surface area contributed by atoms with E-state index < -0.39 is 31.8 Å². The van der Waals surface area contributed by atoms with E-state index >= 15 is 0 Å². The van der Waals surface area contributed by atoms with Gasteiger partial charge in [-0.15, -0.1) is 0 Å². The molecule has 18 heavy (non-hydrogen) atoms. The second kappa shape index (κ2) is 5.14. The van der Waals surface area contributed by atoms with E-state index in [-0.39, 0.29) is 0 Å². The van der Waals surface area contributed by atoms with E-state index in [1.807, 2.05) is 0 Å². The molecule has 98 valence electrons. The molecule has 1 aromatic heterocycles. The summed E-state index contributed by atoms with van der Waals surface area (Å²) >= 11 is 0. The Kier molecular flexibility index (Phi) is 4.03. The highest BCUT2D eigenvalue weighted by atomic mass is 35.7. The van der Waals surface area contributed by atoms with Gasteiger partial charge in [0.2, 0.25) is 5.75 Å². The van der Waals surface area contributed by atoms with Crippen molar-refractivity contribution in [1.82, 2.24) is 9.71 Å². The molecule has 0 bridgehead atoms. The predicted octanol–water partition coefficient (Wildman–Crippen LogP) is 0.870. The van der Waals surface area contributed by atoms with Gasteiger partial charge in [-0.3, -0.25) is 0 Å². The van der Waals surface area contributed by atoms with E-state index in [2.05, 4.69) is 9.72 Å². The number of ether oxygens (including phenoxy) is 1. The van der Waals surface area contributed by atoms with Crippen LogP contribution in [0.15, 0.2) is 12.1 Å². The van der Waals surface area contributed by atoms with Crippen LogP contribution in [0.4, 0.5) is 10.6 Å². The highest BCUT2D eigenvalue weighted by molar-refractivity contribution is 8.12. The molecule has 11 heteroatoms. The van der Waals surface area contributed by atoms with Gasteiger partial charge in [-0.05, 0) is 22.0 Å². The summed E-state index contributed by atoms with van der Waals surface area (Å²) in [6.45, 7) is 1.50. The van der Waals surface area contributed by atoms with Gasteiger partial charge in [0.05, 0.1) is 0 Å². The number of aromatic nitrogens is 1. The van der Waals surface area contributed by atoms with Crippen molar-refractivity contribution in [1.29, 1.82) is 0 Å². The monoisotopic (exact) mass is 295 g/mol. The molecule has 0 aromatic carbocycles. The molecule has 0 fully saturated rings. The first kappa shape index (κ1) is 14.1. The molecule has 1 heterocycles. The van der Waals surface area contributed by atoms with Crippen LogP contribution in [0.2, 0.25) is 0 Å². The van der Waals surface area contributed by atoms with Gasteiger partial charge in [0.25, 0.3) is 0 Å². The molecule has 0 atom stereocenters. The summed E-state index contributed by atoms with van der Waals surface area (Å²) < 4.78 is 26.7. The Morgan fingerprint density at radius 3 is 2.67 bits per heavy atom. The van der Waals surface area contributed by atoms with Crippen LogP contribution in [0.3, 0.4) is 0 Å². The number of amides is 1. The largest absolute Gasteiger partial charge is 0.427 e. The Morgan fingerprint density at radius 2 is 2.17 bits per heavy atom. The summed E-state index contributed by atoms with van der Waals surface area (Å²) in [7, 11) is 0.405. The number of hydrogen-bond donors (Lipinski definition) is 1. The molecule has 0 aliphatic heterocycles. The summed E-state index contributed by atoms with van der Waals surface area (Å²) in [5.41, 5.74) is 0.333. The van der Waals surface area contributed by atoms with Gasteiger partial charge >= 0.3 is 21.1 Å². The average molecular weight is 296 g/mol. The van der Waals surface area contributed by atoms with E-state index in [9.17, 15) is 23.3 Å². The molecular weight excluding hydrogens is 290 g/mol. The Labute approximate surface area is 105 Å². The lowest BCUT2D eigenvalue weighted by Crippen LogP contribution is -2.29. The average Bonchev–Trinajstić information content (AvgIpc) is 2.17. The Hall–Kier alpha value is -1.94. The van der Waals surface area contributed by atoms with Crippen LogP contribution < -0.4 is 9.46 Å². The van der Waals surface area contributed by atoms with Crippen molar-refractivity contribution in [2.24, 2.45) is 0 Å². The number of hydrogen-bond acceptors (Lipinski definition) is 7. The fourth-order valence-corrected chi connectivity index (χ4v) is 1.39. The van der Waals surface area contributed by atoms with E-state index in [0.717, 1.165) is 6.07 Å². The summed E-state index contributed by atoms with van der Waals surface area (Å²) in [5.74, 6) is -1.21. The Balaban J connectivity index is 2.98. The molecule has 0 radical (unpaired) electrons. The molecule has 0 spiro atoms. The van der Waals surface area contributed by atoms with Gasteiger partial charge in [0, 0.05) is 17.6 Å². The molecule has 9 nitrogen and oxygen atoms in total. The zero-order chi connectivity index (χ0) is 13.9. The fourth-order valence-electron chi connectivity index (χ4n) is 0.961. The van der Waals surface area contributed by atoms with Crippen molar-refractivity contribution >= 4 is 31.8 Å². The summed E-state index contributed by atoms with van der Waals surface area (Å²) in [4.78, 5) is 24.3. The van der Waals surface area contributed by atoms with Gasteiger partial charge in [0.15, 0.2) is 0 Å². The van der Waals surface area contributed by atoms with E-state index in [0.29, 0.717) is 5.69 Å². The number of nitrogens with one attached hydrogen (secondary N) is 1. The molecule has 1 amide bonds. The minimum Gasteiger partial charge on any atom is -0.400 e. The minimum atomic E-state index is -4.33. The van der Waals surface area contributed by atoms with Crippen molar-refractivity contribution < 1.29 is 22.9 Å². The lowest BCUT2D eigenvalue weighted by atomic mass is 10.3. The Bertz CT molecular complexity index is 601. The lowest BCUT2D eigenvalue weighted by Gasteiger charge is -2.04. The maximum atomic E-state index is 11.0. The standard InChI is InChI=1S/C7H6ClN3O6S/c1-4-2-3-5(6(9-4)11(13)14)17-7(12)10-18(8,15)16/h2-3H,1H3,(H,10,12). The molecular formula is C7H6ClN3O6S. The fraction of sp³-hybridized carbons (Fsp3) is 0.143. The third-order valence-electron chi connectivity index (χ3n) is 1.56. The summed E-state index contributed by atoms with van der Waals surface area (Å²) in [6.07, 6.45) is -1.47. The zero-order valence-electron chi connectivity index (χ0n) is 8.78. The van der Waals surface area contributed by atoms with Gasteiger partial charge in [-0.25, -0.2) is 9.52 Å². The lowest BCUT2D eigenvalue weighted by molar-refractivity contribution is -0.390. The highest BCUT2D eigenvalue weighted by Gasteiger charge is 2.22. The van der Waals surface area contributed by atoms with Gasteiger partial charge in [-0.1, -0.05) is 0 Å². The third-order valence-corrected chi connectivity index (χ3v) is 2.20. The minimum absolute atomic E-state index is 0.333.